The molecule has 0 aromatic heterocycles. The van der Waals surface area contributed by atoms with Crippen molar-refractivity contribution in [3.05, 3.63) is 0 Å². The first-order valence-electron chi connectivity index (χ1n) is 7.67. The van der Waals surface area contributed by atoms with Crippen LogP contribution in [-0.2, 0) is 4.79 Å². The molecule has 2 saturated carbocycles. The Morgan fingerprint density at radius 1 is 1.06 bits per heavy atom. The lowest BCUT2D eigenvalue weighted by Crippen LogP contribution is -2.45. The Balaban J connectivity index is 2.21. The van der Waals surface area contributed by atoms with Gasteiger partial charge in [0.2, 0.25) is 0 Å². The minimum atomic E-state index is -0.514. The number of carboxylic acids is 1. The van der Waals surface area contributed by atoms with E-state index in [9.17, 15) is 9.90 Å². The SMILES string of the molecule is CC1CC(C)CC(C2(C(=O)O)CCCC(C)C2)C1. The molecule has 18 heavy (non-hydrogen) atoms. The Morgan fingerprint density at radius 2 is 1.67 bits per heavy atom. The van der Waals surface area contributed by atoms with Gasteiger partial charge < -0.3 is 5.11 Å². The molecule has 2 rings (SSSR count). The number of rotatable bonds is 2. The monoisotopic (exact) mass is 252 g/mol. The maximum absolute atomic E-state index is 11.9. The topological polar surface area (TPSA) is 37.3 Å². The molecule has 2 nitrogen and oxygen atoms in total. The summed E-state index contributed by atoms with van der Waals surface area (Å²) in [4.78, 5) is 11.9. The molecular formula is C16H28O2. The summed E-state index contributed by atoms with van der Waals surface area (Å²) in [5.74, 6) is 1.89. The highest BCUT2D eigenvalue weighted by Gasteiger charge is 2.49. The maximum atomic E-state index is 11.9. The molecule has 4 unspecified atom stereocenters. The Hall–Kier alpha value is -0.530. The van der Waals surface area contributed by atoms with E-state index in [0.29, 0.717) is 23.7 Å². The lowest BCUT2D eigenvalue weighted by Gasteiger charge is -2.46. The summed E-state index contributed by atoms with van der Waals surface area (Å²) < 4.78 is 0. The van der Waals surface area contributed by atoms with E-state index < -0.39 is 11.4 Å². The van der Waals surface area contributed by atoms with E-state index in [1.165, 1.54) is 12.8 Å². The molecule has 0 spiro atoms. The van der Waals surface area contributed by atoms with E-state index in [1.807, 2.05) is 0 Å². The standard InChI is InChI=1S/C16H28O2/c1-11-5-4-6-16(10-11,15(17)18)14-8-12(2)7-13(3)9-14/h11-14H,4-10H2,1-3H3,(H,17,18). The second kappa shape index (κ2) is 5.22. The average molecular weight is 252 g/mol. The Morgan fingerprint density at radius 3 is 2.17 bits per heavy atom. The van der Waals surface area contributed by atoms with Gasteiger partial charge >= 0.3 is 5.97 Å². The zero-order valence-corrected chi connectivity index (χ0v) is 12.1. The van der Waals surface area contributed by atoms with Gasteiger partial charge in [-0.15, -0.1) is 0 Å². The van der Waals surface area contributed by atoms with Crippen molar-refractivity contribution in [3.8, 4) is 0 Å². The molecule has 0 aromatic carbocycles. The minimum absolute atomic E-state index is 0.402. The van der Waals surface area contributed by atoms with Crippen LogP contribution in [0.3, 0.4) is 0 Å². The molecule has 2 fully saturated rings. The third kappa shape index (κ3) is 2.57. The molecule has 0 bridgehead atoms. The zero-order chi connectivity index (χ0) is 13.3. The smallest absolute Gasteiger partial charge is 0.309 e. The van der Waals surface area contributed by atoms with Crippen LogP contribution in [0.25, 0.3) is 0 Å². The molecule has 4 atom stereocenters. The summed E-state index contributed by atoms with van der Waals surface area (Å²) in [6, 6.07) is 0. The quantitative estimate of drug-likeness (QED) is 0.793. The van der Waals surface area contributed by atoms with Crippen molar-refractivity contribution in [2.75, 3.05) is 0 Å². The molecule has 0 amide bonds. The van der Waals surface area contributed by atoms with Crippen LogP contribution in [0.2, 0.25) is 0 Å². The molecule has 0 heterocycles. The first-order chi connectivity index (χ1) is 8.44. The Kier molecular flexibility index (Phi) is 4.03. The van der Waals surface area contributed by atoms with Gasteiger partial charge in [0.05, 0.1) is 5.41 Å². The molecule has 0 radical (unpaired) electrons. The van der Waals surface area contributed by atoms with Gasteiger partial charge in [-0.2, -0.15) is 0 Å². The summed E-state index contributed by atoms with van der Waals surface area (Å²) in [5, 5.41) is 9.83. The first-order valence-corrected chi connectivity index (χ1v) is 7.67. The lowest BCUT2D eigenvalue weighted by atomic mass is 9.57. The summed E-state index contributed by atoms with van der Waals surface area (Å²) in [5.41, 5.74) is -0.402. The van der Waals surface area contributed by atoms with Crippen molar-refractivity contribution in [2.45, 2.75) is 65.7 Å². The van der Waals surface area contributed by atoms with Crippen molar-refractivity contribution in [1.29, 1.82) is 0 Å². The zero-order valence-electron chi connectivity index (χ0n) is 12.1. The lowest BCUT2D eigenvalue weighted by molar-refractivity contribution is -0.159. The first kappa shape index (κ1) is 13.9. The van der Waals surface area contributed by atoms with Gasteiger partial charge in [0.1, 0.15) is 0 Å². The molecule has 104 valence electrons. The minimum Gasteiger partial charge on any atom is -0.481 e. The van der Waals surface area contributed by atoms with Crippen molar-refractivity contribution < 1.29 is 9.90 Å². The van der Waals surface area contributed by atoms with Crippen LogP contribution in [0, 0.1) is 29.1 Å². The van der Waals surface area contributed by atoms with Crippen LogP contribution in [0.15, 0.2) is 0 Å². The molecule has 2 aliphatic rings. The molecule has 0 aliphatic heterocycles. The van der Waals surface area contributed by atoms with Crippen LogP contribution in [0.4, 0.5) is 0 Å². The van der Waals surface area contributed by atoms with Gasteiger partial charge in [0.25, 0.3) is 0 Å². The Labute approximate surface area is 111 Å². The molecule has 1 N–H and O–H groups in total. The van der Waals surface area contributed by atoms with E-state index in [0.717, 1.165) is 32.1 Å². The normalized spacial score (nSPS) is 45.7. The fourth-order valence-electron chi connectivity index (χ4n) is 4.73. The highest BCUT2D eigenvalue weighted by molar-refractivity contribution is 5.75. The summed E-state index contributed by atoms with van der Waals surface area (Å²) >= 11 is 0. The molecule has 0 saturated heterocycles. The maximum Gasteiger partial charge on any atom is 0.309 e. The third-order valence-electron chi connectivity index (χ3n) is 5.42. The van der Waals surface area contributed by atoms with Gasteiger partial charge in [-0.1, -0.05) is 33.6 Å². The van der Waals surface area contributed by atoms with Crippen LogP contribution in [-0.4, -0.2) is 11.1 Å². The number of hydrogen-bond acceptors (Lipinski definition) is 1. The molecule has 2 heteroatoms. The van der Waals surface area contributed by atoms with Crippen molar-refractivity contribution in [2.24, 2.45) is 29.1 Å². The third-order valence-corrected chi connectivity index (χ3v) is 5.42. The molecule has 0 aromatic rings. The van der Waals surface area contributed by atoms with Crippen molar-refractivity contribution in [3.63, 3.8) is 0 Å². The number of carbonyl (C=O) groups is 1. The molecule has 2 aliphatic carbocycles. The second-order valence-corrected chi connectivity index (χ2v) is 7.28. The van der Waals surface area contributed by atoms with E-state index in [4.69, 9.17) is 0 Å². The Bertz CT molecular complexity index is 302. The van der Waals surface area contributed by atoms with Crippen molar-refractivity contribution in [1.82, 2.24) is 0 Å². The fraction of sp³-hybridized carbons (Fsp3) is 0.938. The van der Waals surface area contributed by atoms with E-state index in [-0.39, 0.29) is 0 Å². The second-order valence-electron chi connectivity index (χ2n) is 7.28. The number of carboxylic acid groups (broad SMARTS) is 1. The highest BCUT2D eigenvalue weighted by Crippen LogP contribution is 2.51. The van der Waals surface area contributed by atoms with Crippen LogP contribution in [0.5, 0.6) is 0 Å². The van der Waals surface area contributed by atoms with Crippen LogP contribution in [0.1, 0.15) is 65.7 Å². The number of aliphatic carboxylic acids is 1. The van der Waals surface area contributed by atoms with Gasteiger partial charge in [0.15, 0.2) is 0 Å². The van der Waals surface area contributed by atoms with Crippen LogP contribution >= 0.6 is 0 Å². The van der Waals surface area contributed by atoms with Gasteiger partial charge in [-0.3, -0.25) is 4.79 Å². The van der Waals surface area contributed by atoms with E-state index in [1.54, 1.807) is 0 Å². The summed E-state index contributed by atoms with van der Waals surface area (Å²) in [7, 11) is 0. The van der Waals surface area contributed by atoms with E-state index >= 15 is 0 Å². The highest BCUT2D eigenvalue weighted by atomic mass is 16.4. The van der Waals surface area contributed by atoms with Crippen LogP contribution < -0.4 is 0 Å². The average Bonchev–Trinajstić information content (AvgIpc) is 2.27. The predicted octanol–water partition coefficient (Wildman–Crippen LogP) is 4.34. The van der Waals surface area contributed by atoms with Gasteiger partial charge in [0, 0.05) is 0 Å². The van der Waals surface area contributed by atoms with Crippen molar-refractivity contribution >= 4 is 5.97 Å². The summed E-state index contributed by atoms with van der Waals surface area (Å²) in [6.07, 6.45) is 7.68. The number of hydrogen-bond donors (Lipinski definition) is 1. The van der Waals surface area contributed by atoms with Gasteiger partial charge in [-0.25, -0.2) is 0 Å². The van der Waals surface area contributed by atoms with E-state index in [2.05, 4.69) is 20.8 Å². The fourth-order valence-corrected chi connectivity index (χ4v) is 4.73. The largest absolute Gasteiger partial charge is 0.481 e. The van der Waals surface area contributed by atoms with Gasteiger partial charge in [-0.05, 0) is 55.8 Å². The summed E-state index contributed by atoms with van der Waals surface area (Å²) in [6.45, 7) is 6.82. The molecular weight excluding hydrogens is 224 g/mol. The predicted molar refractivity (Wildman–Crippen MR) is 73.4 cm³/mol.